The number of ether oxygens (including phenoxy) is 2. The van der Waals surface area contributed by atoms with Gasteiger partial charge in [-0.15, -0.1) is 0 Å². The predicted molar refractivity (Wildman–Crippen MR) is 85.1 cm³/mol. The Kier molecular flexibility index (Phi) is 5.39. The second-order valence-electron chi connectivity index (χ2n) is 4.04. The lowest BCUT2D eigenvalue weighted by atomic mass is 10.1. The zero-order valence-electron chi connectivity index (χ0n) is 10.8. The third kappa shape index (κ3) is 3.50. The van der Waals surface area contributed by atoms with Crippen molar-refractivity contribution in [2.45, 2.75) is 6.10 Å². The summed E-state index contributed by atoms with van der Waals surface area (Å²) in [7, 11) is 1.62. The van der Waals surface area contributed by atoms with Crippen LogP contribution >= 0.6 is 31.9 Å². The number of rotatable bonds is 5. The van der Waals surface area contributed by atoms with E-state index in [2.05, 4.69) is 36.8 Å². The molecular formula is C14H14Br2N2O2. The zero-order valence-corrected chi connectivity index (χ0v) is 14.0. The second-order valence-corrected chi connectivity index (χ2v) is 5.75. The first kappa shape index (κ1) is 15.3. The average molecular weight is 402 g/mol. The molecule has 1 aromatic carbocycles. The van der Waals surface area contributed by atoms with Crippen LogP contribution in [0.15, 0.2) is 45.6 Å². The highest BCUT2D eigenvalue weighted by atomic mass is 79.9. The van der Waals surface area contributed by atoms with Crippen LogP contribution in [0.4, 0.5) is 0 Å². The van der Waals surface area contributed by atoms with Gasteiger partial charge in [0.25, 0.3) is 0 Å². The zero-order chi connectivity index (χ0) is 14.5. The van der Waals surface area contributed by atoms with Gasteiger partial charge < -0.3 is 15.2 Å². The molecule has 0 aliphatic carbocycles. The summed E-state index contributed by atoms with van der Waals surface area (Å²) in [6.45, 7) is 0.375. The van der Waals surface area contributed by atoms with E-state index in [-0.39, 0.29) is 6.10 Å². The third-order valence-corrected chi connectivity index (χ3v) is 4.01. The van der Waals surface area contributed by atoms with Gasteiger partial charge in [0, 0.05) is 18.9 Å². The molecule has 0 saturated heterocycles. The van der Waals surface area contributed by atoms with Crippen molar-refractivity contribution in [3.05, 3.63) is 51.2 Å². The Labute approximate surface area is 134 Å². The number of hydrogen-bond acceptors (Lipinski definition) is 4. The summed E-state index contributed by atoms with van der Waals surface area (Å²) in [5.74, 6) is 1.43. The van der Waals surface area contributed by atoms with Crippen LogP contribution in [0.2, 0.25) is 0 Å². The molecule has 0 aliphatic rings. The molecule has 1 heterocycles. The fraction of sp³-hybridized carbons (Fsp3) is 0.214. The van der Waals surface area contributed by atoms with Crippen LogP contribution in [-0.4, -0.2) is 18.6 Å². The van der Waals surface area contributed by atoms with Gasteiger partial charge in [0.05, 0.1) is 16.1 Å². The molecule has 0 radical (unpaired) electrons. The van der Waals surface area contributed by atoms with Crippen molar-refractivity contribution < 1.29 is 9.47 Å². The van der Waals surface area contributed by atoms with Gasteiger partial charge in [-0.1, -0.05) is 0 Å². The molecule has 0 fully saturated rings. The van der Waals surface area contributed by atoms with Crippen molar-refractivity contribution in [1.29, 1.82) is 0 Å². The van der Waals surface area contributed by atoms with Crippen molar-refractivity contribution in [2.24, 2.45) is 5.73 Å². The first-order chi connectivity index (χ1) is 9.65. The third-order valence-electron chi connectivity index (χ3n) is 2.77. The molecule has 2 aromatic rings. The molecule has 4 nitrogen and oxygen atoms in total. The highest BCUT2D eigenvalue weighted by molar-refractivity contribution is 9.11. The molecule has 0 aliphatic heterocycles. The topological polar surface area (TPSA) is 57.4 Å². The minimum atomic E-state index is -0.227. The molecule has 2 rings (SSSR count). The Morgan fingerprint density at radius 2 is 1.75 bits per heavy atom. The number of nitrogens with zero attached hydrogens (tertiary/aromatic N) is 1. The molecule has 1 atom stereocenters. The van der Waals surface area contributed by atoms with E-state index in [0.717, 1.165) is 20.3 Å². The summed E-state index contributed by atoms with van der Waals surface area (Å²) in [6.07, 6.45) is 3.22. The van der Waals surface area contributed by atoms with Crippen molar-refractivity contribution >= 4 is 31.9 Å². The minimum absolute atomic E-state index is 0.227. The fourth-order valence-corrected chi connectivity index (χ4v) is 2.64. The number of benzene rings is 1. The van der Waals surface area contributed by atoms with E-state index in [9.17, 15) is 0 Å². The lowest BCUT2D eigenvalue weighted by Crippen LogP contribution is -2.18. The average Bonchev–Trinajstić information content (AvgIpc) is 2.48. The van der Waals surface area contributed by atoms with E-state index in [1.54, 1.807) is 19.5 Å². The number of halogens is 2. The molecule has 106 valence electrons. The maximum absolute atomic E-state index is 5.98. The molecule has 20 heavy (non-hydrogen) atoms. The van der Waals surface area contributed by atoms with Gasteiger partial charge >= 0.3 is 0 Å². The van der Waals surface area contributed by atoms with Crippen LogP contribution in [0, 0.1) is 0 Å². The van der Waals surface area contributed by atoms with E-state index in [0.29, 0.717) is 12.3 Å². The smallest absolute Gasteiger partial charge is 0.136 e. The summed E-state index contributed by atoms with van der Waals surface area (Å²) in [6, 6.07) is 7.49. The molecule has 6 heteroatoms. The maximum Gasteiger partial charge on any atom is 0.136 e. The van der Waals surface area contributed by atoms with Gasteiger partial charge in [-0.3, -0.25) is 4.98 Å². The van der Waals surface area contributed by atoms with E-state index >= 15 is 0 Å². The van der Waals surface area contributed by atoms with Gasteiger partial charge in [0.15, 0.2) is 0 Å². The molecule has 1 aromatic heterocycles. The normalized spacial score (nSPS) is 12.0. The molecule has 2 N–H and O–H groups in total. The Hall–Kier alpha value is -1.11. The van der Waals surface area contributed by atoms with Gasteiger partial charge in [0.1, 0.15) is 17.6 Å². The molecule has 1 unspecified atom stereocenters. The molecule has 0 spiro atoms. The van der Waals surface area contributed by atoms with Crippen LogP contribution in [-0.2, 0) is 0 Å². The Morgan fingerprint density at radius 3 is 2.35 bits per heavy atom. The molecule has 0 bridgehead atoms. The number of methoxy groups -OCH3 is 1. The first-order valence-electron chi connectivity index (χ1n) is 5.95. The van der Waals surface area contributed by atoms with Gasteiger partial charge in [-0.2, -0.15) is 0 Å². The Bertz CT molecular complexity index is 579. The Morgan fingerprint density at radius 1 is 1.15 bits per heavy atom. The van der Waals surface area contributed by atoms with E-state index in [4.69, 9.17) is 15.2 Å². The van der Waals surface area contributed by atoms with Crippen LogP contribution in [0.3, 0.4) is 0 Å². The standard InChI is InChI=1S/C14H14Br2N2O2/c1-19-12-6-11(16)13(7-10(12)15)20-14(8-17)9-2-4-18-5-3-9/h2-7,14H,8,17H2,1H3. The molecular weight excluding hydrogens is 388 g/mol. The summed E-state index contributed by atoms with van der Waals surface area (Å²) in [5.41, 5.74) is 6.79. The van der Waals surface area contributed by atoms with E-state index in [1.807, 2.05) is 24.3 Å². The first-order valence-corrected chi connectivity index (χ1v) is 7.54. The monoisotopic (exact) mass is 400 g/mol. The van der Waals surface area contributed by atoms with Gasteiger partial charge in [-0.25, -0.2) is 0 Å². The Balaban J connectivity index is 2.26. The maximum atomic E-state index is 5.98. The van der Waals surface area contributed by atoms with Gasteiger partial charge in [-0.05, 0) is 61.7 Å². The largest absolute Gasteiger partial charge is 0.496 e. The number of pyridine rings is 1. The van der Waals surface area contributed by atoms with Crippen molar-refractivity contribution in [3.8, 4) is 11.5 Å². The van der Waals surface area contributed by atoms with Crippen LogP contribution in [0.1, 0.15) is 11.7 Å². The predicted octanol–water partition coefficient (Wildman–Crippen LogP) is 3.69. The summed E-state index contributed by atoms with van der Waals surface area (Å²) in [5, 5.41) is 0. The minimum Gasteiger partial charge on any atom is -0.496 e. The SMILES string of the molecule is COc1cc(Br)c(OC(CN)c2ccncc2)cc1Br. The van der Waals surface area contributed by atoms with Gasteiger partial charge in [0.2, 0.25) is 0 Å². The molecule has 0 amide bonds. The summed E-state index contributed by atoms with van der Waals surface area (Å²) in [4.78, 5) is 3.99. The highest BCUT2D eigenvalue weighted by Crippen LogP contribution is 2.37. The van der Waals surface area contributed by atoms with Crippen molar-refractivity contribution in [1.82, 2.24) is 4.98 Å². The van der Waals surface area contributed by atoms with E-state index < -0.39 is 0 Å². The number of nitrogens with two attached hydrogens (primary N) is 1. The number of hydrogen-bond donors (Lipinski definition) is 1. The van der Waals surface area contributed by atoms with Crippen molar-refractivity contribution in [3.63, 3.8) is 0 Å². The van der Waals surface area contributed by atoms with Crippen LogP contribution in [0.25, 0.3) is 0 Å². The lowest BCUT2D eigenvalue weighted by Gasteiger charge is -2.19. The number of aromatic nitrogens is 1. The summed E-state index contributed by atoms with van der Waals surface area (Å²) >= 11 is 6.92. The summed E-state index contributed by atoms with van der Waals surface area (Å²) < 4.78 is 12.8. The lowest BCUT2D eigenvalue weighted by molar-refractivity contribution is 0.212. The van der Waals surface area contributed by atoms with Crippen molar-refractivity contribution in [2.75, 3.05) is 13.7 Å². The second kappa shape index (κ2) is 7.06. The quantitative estimate of drug-likeness (QED) is 0.829. The van der Waals surface area contributed by atoms with Crippen LogP contribution < -0.4 is 15.2 Å². The highest BCUT2D eigenvalue weighted by Gasteiger charge is 2.15. The van der Waals surface area contributed by atoms with E-state index in [1.165, 1.54) is 0 Å². The van der Waals surface area contributed by atoms with Crippen LogP contribution in [0.5, 0.6) is 11.5 Å². The molecule has 0 saturated carbocycles. The fourth-order valence-electron chi connectivity index (χ4n) is 1.74.